The lowest BCUT2D eigenvalue weighted by Gasteiger charge is -2.09. The van der Waals surface area contributed by atoms with Gasteiger partial charge in [-0.1, -0.05) is 13.8 Å². The molecule has 1 rings (SSSR count). The molecule has 0 saturated heterocycles. The molecule has 1 heterocycles. The van der Waals surface area contributed by atoms with Crippen LogP contribution in [-0.4, -0.2) is 21.3 Å². The van der Waals surface area contributed by atoms with E-state index >= 15 is 0 Å². The molecule has 0 bridgehead atoms. The predicted molar refractivity (Wildman–Crippen MR) is 56.8 cm³/mol. The summed E-state index contributed by atoms with van der Waals surface area (Å²) in [4.78, 5) is 14.6. The van der Waals surface area contributed by atoms with Gasteiger partial charge in [0.15, 0.2) is 0 Å². The fraction of sp³-hybridized carbons (Fsp3) is 0.400. The van der Waals surface area contributed by atoms with Crippen LogP contribution in [0.15, 0.2) is 17.3 Å². The second-order valence-electron chi connectivity index (χ2n) is 3.15. The van der Waals surface area contributed by atoms with Gasteiger partial charge in [-0.25, -0.2) is 14.2 Å². The van der Waals surface area contributed by atoms with Gasteiger partial charge < -0.3 is 5.11 Å². The van der Waals surface area contributed by atoms with E-state index in [0.29, 0.717) is 5.03 Å². The maximum Gasteiger partial charge on any atom is 0.338 e. The third-order valence-electron chi connectivity index (χ3n) is 1.94. The van der Waals surface area contributed by atoms with Crippen molar-refractivity contribution in [3.8, 4) is 0 Å². The third-order valence-corrected chi connectivity index (χ3v) is 3.22. The topological polar surface area (TPSA) is 50.2 Å². The number of nitrogens with zero attached hydrogens (tertiary/aromatic N) is 1. The Bertz CT molecular complexity index is 370. The molecule has 0 aliphatic rings. The fourth-order valence-electron chi connectivity index (χ4n) is 0.948. The van der Waals surface area contributed by atoms with Gasteiger partial charge >= 0.3 is 5.97 Å². The maximum absolute atomic E-state index is 12.8. The molecule has 0 aliphatic carbocycles. The lowest BCUT2D eigenvalue weighted by Crippen LogP contribution is -2.04. The Hall–Kier alpha value is -1.10. The third kappa shape index (κ3) is 3.20. The second-order valence-corrected chi connectivity index (χ2v) is 4.58. The SMILES string of the molecule is CCC(C)Sc1ncc(F)cc1C(=O)O. The summed E-state index contributed by atoms with van der Waals surface area (Å²) in [6, 6.07) is 1.00. The number of halogens is 1. The van der Waals surface area contributed by atoms with E-state index in [9.17, 15) is 9.18 Å². The number of hydrogen-bond donors (Lipinski definition) is 1. The zero-order valence-electron chi connectivity index (χ0n) is 8.53. The normalized spacial score (nSPS) is 12.5. The summed E-state index contributed by atoms with van der Waals surface area (Å²) in [6.45, 7) is 3.98. The van der Waals surface area contributed by atoms with E-state index in [4.69, 9.17) is 5.11 Å². The first-order chi connectivity index (χ1) is 7.04. The highest BCUT2D eigenvalue weighted by molar-refractivity contribution is 7.99. The first-order valence-electron chi connectivity index (χ1n) is 4.60. The van der Waals surface area contributed by atoms with Gasteiger partial charge in [0.2, 0.25) is 0 Å². The van der Waals surface area contributed by atoms with Crippen LogP contribution in [0.25, 0.3) is 0 Å². The van der Waals surface area contributed by atoms with Crippen molar-refractivity contribution in [3.63, 3.8) is 0 Å². The van der Waals surface area contributed by atoms with Crippen LogP contribution >= 0.6 is 11.8 Å². The molecular weight excluding hydrogens is 217 g/mol. The van der Waals surface area contributed by atoms with E-state index in [-0.39, 0.29) is 10.8 Å². The molecule has 0 radical (unpaired) electrons. The molecule has 82 valence electrons. The number of carboxylic acid groups (broad SMARTS) is 1. The van der Waals surface area contributed by atoms with Gasteiger partial charge in [-0.15, -0.1) is 11.8 Å². The predicted octanol–water partition coefficient (Wildman–Crippen LogP) is 2.81. The van der Waals surface area contributed by atoms with Gasteiger partial charge in [0.25, 0.3) is 0 Å². The molecule has 1 aromatic rings. The molecule has 0 saturated carbocycles. The Balaban J connectivity index is 3.01. The molecule has 3 nitrogen and oxygen atoms in total. The summed E-state index contributed by atoms with van der Waals surface area (Å²) in [5.74, 6) is -1.77. The van der Waals surface area contributed by atoms with E-state index < -0.39 is 11.8 Å². The molecule has 1 aromatic heterocycles. The average molecular weight is 229 g/mol. The first-order valence-corrected chi connectivity index (χ1v) is 5.48. The second kappa shape index (κ2) is 5.11. The number of aromatic nitrogens is 1. The Morgan fingerprint density at radius 1 is 1.73 bits per heavy atom. The molecular formula is C10H12FNO2S. The highest BCUT2D eigenvalue weighted by Gasteiger charge is 2.15. The summed E-state index contributed by atoms with van der Waals surface area (Å²) in [5.41, 5.74) is -0.0692. The van der Waals surface area contributed by atoms with Gasteiger partial charge in [-0.3, -0.25) is 0 Å². The zero-order chi connectivity index (χ0) is 11.4. The Labute approximate surface area is 91.7 Å². The van der Waals surface area contributed by atoms with Gasteiger partial charge in [-0.05, 0) is 12.5 Å². The van der Waals surface area contributed by atoms with Gasteiger partial charge in [0.05, 0.1) is 11.8 Å². The molecule has 5 heteroatoms. The Kier molecular flexibility index (Phi) is 4.08. The minimum absolute atomic E-state index is 0.0692. The minimum atomic E-state index is -1.15. The van der Waals surface area contributed by atoms with Gasteiger partial charge in [0, 0.05) is 5.25 Å². The number of pyridine rings is 1. The Morgan fingerprint density at radius 2 is 2.40 bits per heavy atom. The van der Waals surface area contributed by atoms with E-state index in [2.05, 4.69) is 4.98 Å². The van der Waals surface area contributed by atoms with Crippen molar-refractivity contribution < 1.29 is 14.3 Å². The van der Waals surface area contributed by atoms with E-state index in [1.165, 1.54) is 11.8 Å². The smallest absolute Gasteiger partial charge is 0.338 e. The van der Waals surface area contributed by atoms with Crippen molar-refractivity contribution in [1.29, 1.82) is 0 Å². The van der Waals surface area contributed by atoms with Crippen LogP contribution in [0.2, 0.25) is 0 Å². The number of carboxylic acids is 1. The number of rotatable bonds is 4. The zero-order valence-corrected chi connectivity index (χ0v) is 9.34. The van der Waals surface area contributed by atoms with E-state index in [0.717, 1.165) is 18.7 Å². The van der Waals surface area contributed by atoms with Crippen molar-refractivity contribution in [2.75, 3.05) is 0 Å². The van der Waals surface area contributed by atoms with Crippen molar-refractivity contribution in [2.45, 2.75) is 30.5 Å². The number of thioether (sulfide) groups is 1. The number of hydrogen-bond acceptors (Lipinski definition) is 3. The molecule has 1 N–H and O–H groups in total. The highest BCUT2D eigenvalue weighted by atomic mass is 32.2. The molecule has 0 spiro atoms. The average Bonchev–Trinajstić information content (AvgIpc) is 2.20. The summed E-state index contributed by atoms with van der Waals surface area (Å²) >= 11 is 1.35. The van der Waals surface area contributed by atoms with E-state index in [1.807, 2.05) is 13.8 Å². The molecule has 15 heavy (non-hydrogen) atoms. The van der Waals surface area contributed by atoms with Crippen molar-refractivity contribution in [3.05, 3.63) is 23.6 Å². The molecule has 0 aromatic carbocycles. The van der Waals surface area contributed by atoms with E-state index in [1.54, 1.807) is 0 Å². The number of carbonyl (C=O) groups is 1. The molecule has 0 aliphatic heterocycles. The molecule has 0 fully saturated rings. The summed E-state index contributed by atoms with van der Waals surface area (Å²) in [5, 5.41) is 9.49. The number of aromatic carboxylic acids is 1. The highest BCUT2D eigenvalue weighted by Crippen LogP contribution is 2.26. The van der Waals surface area contributed by atoms with Crippen LogP contribution < -0.4 is 0 Å². The quantitative estimate of drug-likeness (QED) is 0.806. The maximum atomic E-state index is 12.8. The lowest BCUT2D eigenvalue weighted by atomic mass is 10.3. The minimum Gasteiger partial charge on any atom is -0.478 e. The first kappa shape index (κ1) is 12.0. The summed E-state index contributed by atoms with van der Waals surface area (Å²) in [7, 11) is 0. The molecule has 1 atom stereocenters. The Morgan fingerprint density at radius 3 is 2.93 bits per heavy atom. The monoisotopic (exact) mass is 229 g/mol. The van der Waals surface area contributed by atoms with Crippen LogP contribution in [0, 0.1) is 5.82 Å². The summed E-state index contributed by atoms with van der Waals surface area (Å²) in [6.07, 6.45) is 1.94. The molecule has 0 amide bonds. The van der Waals surface area contributed by atoms with Crippen LogP contribution in [0.3, 0.4) is 0 Å². The van der Waals surface area contributed by atoms with Crippen molar-refractivity contribution in [2.24, 2.45) is 0 Å². The van der Waals surface area contributed by atoms with Crippen LogP contribution in [0.5, 0.6) is 0 Å². The van der Waals surface area contributed by atoms with Gasteiger partial charge in [0.1, 0.15) is 10.8 Å². The fourth-order valence-corrected chi connectivity index (χ4v) is 1.88. The van der Waals surface area contributed by atoms with Crippen LogP contribution in [0.4, 0.5) is 4.39 Å². The molecule has 1 unspecified atom stereocenters. The van der Waals surface area contributed by atoms with Crippen molar-refractivity contribution >= 4 is 17.7 Å². The van der Waals surface area contributed by atoms with Crippen molar-refractivity contribution in [1.82, 2.24) is 4.98 Å². The standard InChI is InChI=1S/C10H12FNO2S/c1-3-6(2)15-9-8(10(13)14)4-7(11)5-12-9/h4-6H,3H2,1-2H3,(H,13,14). The summed E-state index contributed by atoms with van der Waals surface area (Å²) < 4.78 is 12.8. The van der Waals surface area contributed by atoms with Gasteiger partial charge in [-0.2, -0.15) is 0 Å². The van der Waals surface area contributed by atoms with Crippen LogP contribution in [0.1, 0.15) is 30.6 Å². The largest absolute Gasteiger partial charge is 0.478 e. The lowest BCUT2D eigenvalue weighted by molar-refractivity contribution is 0.0691. The van der Waals surface area contributed by atoms with Crippen LogP contribution in [-0.2, 0) is 0 Å².